The zero-order chi connectivity index (χ0) is 31.4. The molecular formula is C21H23N7O12S2. The van der Waals surface area contributed by atoms with Crippen LogP contribution in [0.3, 0.4) is 0 Å². The van der Waals surface area contributed by atoms with E-state index in [1.807, 2.05) is 0 Å². The van der Waals surface area contributed by atoms with Gasteiger partial charge in [-0.2, -0.15) is 8.42 Å². The van der Waals surface area contributed by atoms with E-state index in [-0.39, 0.29) is 16.4 Å². The smallest absolute Gasteiger partial charge is 0.339 e. The summed E-state index contributed by atoms with van der Waals surface area (Å²) in [7, 11) is -4.88. The Balaban J connectivity index is 1.66. The molecule has 1 aromatic heterocycles. The molecule has 0 bridgehead atoms. The lowest BCUT2D eigenvalue weighted by molar-refractivity contribution is -0.143. The number of carboxylic acid groups (broad SMARTS) is 2. The molecule has 2 heterocycles. The maximum Gasteiger partial charge on any atom is 0.339 e. The number of anilines is 2. The summed E-state index contributed by atoms with van der Waals surface area (Å²) in [5.41, 5.74) is 4.11. The highest BCUT2D eigenvalue weighted by molar-refractivity contribution is 7.91. The van der Waals surface area contributed by atoms with Gasteiger partial charge in [0, 0.05) is 5.38 Å². The number of aromatic hydroxyl groups is 2. The first-order chi connectivity index (χ1) is 19.6. The second-order valence-electron chi connectivity index (χ2n) is 8.57. The average molecular weight is 630 g/mol. The molecular weight excluding hydrogens is 606 g/mol. The van der Waals surface area contributed by atoms with E-state index < -0.39 is 94.4 Å². The van der Waals surface area contributed by atoms with Crippen LogP contribution >= 0.6 is 11.3 Å². The molecule has 1 aromatic carbocycles. The van der Waals surface area contributed by atoms with Crippen molar-refractivity contribution >= 4 is 67.9 Å². The number of nitrogen functional groups attached to an aromatic ring is 1. The maximum atomic E-state index is 12.8. The number of benzene rings is 1. The van der Waals surface area contributed by atoms with Crippen molar-refractivity contribution < 1.29 is 57.7 Å². The fourth-order valence-electron chi connectivity index (χ4n) is 3.21. The van der Waals surface area contributed by atoms with Crippen LogP contribution in [0.25, 0.3) is 0 Å². The molecule has 9 N–H and O–H groups in total. The summed E-state index contributed by atoms with van der Waals surface area (Å²) in [6.45, 7) is 0.446. The van der Waals surface area contributed by atoms with Crippen molar-refractivity contribution in [3.63, 3.8) is 0 Å². The first-order valence-corrected chi connectivity index (χ1v) is 13.8. The second-order valence-corrected chi connectivity index (χ2v) is 10.9. The number of carboxylic acids is 2. The molecule has 1 aliphatic rings. The summed E-state index contributed by atoms with van der Waals surface area (Å²) < 4.78 is 28.2. The third-order valence-electron chi connectivity index (χ3n) is 5.40. The number of likely N-dealkylation sites (tertiary alicyclic amines) is 1. The normalized spacial score (nSPS) is 15.7. The molecule has 0 radical (unpaired) electrons. The van der Waals surface area contributed by atoms with Gasteiger partial charge in [-0.15, -0.1) is 11.3 Å². The van der Waals surface area contributed by atoms with E-state index >= 15 is 0 Å². The van der Waals surface area contributed by atoms with E-state index in [1.165, 1.54) is 17.0 Å². The van der Waals surface area contributed by atoms with E-state index in [1.54, 1.807) is 4.72 Å². The number of rotatable bonds is 12. The molecule has 1 unspecified atom stereocenters. The number of phenolic OH excluding ortho intramolecular Hbond substituents is 2. The van der Waals surface area contributed by atoms with Crippen molar-refractivity contribution in [2.45, 2.75) is 19.4 Å². The number of thiazole rings is 1. The van der Waals surface area contributed by atoms with Crippen LogP contribution in [0.4, 0.5) is 15.6 Å². The van der Waals surface area contributed by atoms with Crippen LogP contribution in [0.5, 0.6) is 11.5 Å². The highest BCUT2D eigenvalue weighted by atomic mass is 32.2. The summed E-state index contributed by atoms with van der Waals surface area (Å²) in [6.07, 6.45) is -0.756. The Kier molecular flexibility index (Phi) is 9.37. The highest BCUT2D eigenvalue weighted by Gasteiger charge is 2.43. The van der Waals surface area contributed by atoms with Crippen LogP contribution in [0, 0.1) is 5.92 Å². The molecule has 1 saturated heterocycles. The lowest BCUT2D eigenvalue weighted by atomic mass is 10.1. The van der Waals surface area contributed by atoms with E-state index in [2.05, 4.69) is 15.5 Å². The predicted molar refractivity (Wildman–Crippen MR) is 142 cm³/mol. The minimum Gasteiger partial charge on any atom is -0.504 e. The van der Waals surface area contributed by atoms with Crippen molar-refractivity contribution in [3.8, 4) is 11.5 Å². The van der Waals surface area contributed by atoms with Crippen molar-refractivity contribution in [1.29, 1.82) is 0 Å². The number of carbonyl (C=O) groups is 5. The third kappa shape index (κ3) is 7.51. The van der Waals surface area contributed by atoms with Gasteiger partial charge in [0.1, 0.15) is 18.3 Å². The van der Waals surface area contributed by atoms with Gasteiger partial charge in [0.05, 0.1) is 24.6 Å². The Bertz CT molecular complexity index is 1570. The molecule has 0 aliphatic carbocycles. The van der Waals surface area contributed by atoms with Gasteiger partial charge in [0.25, 0.3) is 11.8 Å². The summed E-state index contributed by atoms with van der Waals surface area (Å²) in [5.74, 6) is -7.35. The van der Waals surface area contributed by atoms with E-state index in [9.17, 15) is 42.6 Å². The van der Waals surface area contributed by atoms with Crippen LogP contribution < -0.4 is 20.5 Å². The Morgan fingerprint density at radius 2 is 1.95 bits per heavy atom. The van der Waals surface area contributed by atoms with Crippen LogP contribution in [0.2, 0.25) is 0 Å². The van der Waals surface area contributed by atoms with Gasteiger partial charge in [0.15, 0.2) is 22.3 Å². The van der Waals surface area contributed by atoms with Crippen LogP contribution in [-0.4, -0.2) is 93.4 Å². The number of nitrogens with two attached hydrogens (primary N) is 1. The van der Waals surface area contributed by atoms with E-state index in [0.29, 0.717) is 4.90 Å². The van der Waals surface area contributed by atoms with Gasteiger partial charge in [0.2, 0.25) is 0 Å². The van der Waals surface area contributed by atoms with E-state index in [4.69, 9.17) is 20.8 Å². The molecule has 21 heteroatoms. The van der Waals surface area contributed by atoms with Gasteiger partial charge >= 0.3 is 28.2 Å². The highest BCUT2D eigenvalue weighted by Crippen LogP contribution is 2.37. The predicted octanol–water partition coefficient (Wildman–Crippen LogP) is -1.40. The van der Waals surface area contributed by atoms with Crippen molar-refractivity contribution in [1.82, 2.24) is 19.9 Å². The van der Waals surface area contributed by atoms with Gasteiger partial charge in [-0.05, 0) is 18.6 Å². The Hall–Kier alpha value is -5.18. The Morgan fingerprint density at radius 3 is 2.52 bits per heavy atom. The topological polar surface area (TPSA) is 300 Å². The first kappa shape index (κ1) is 31.3. The number of aliphatic carboxylic acids is 2. The maximum absolute atomic E-state index is 12.8. The first-order valence-electron chi connectivity index (χ1n) is 11.5. The van der Waals surface area contributed by atoms with Crippen LogP contribution in [0.1, 0.15) is 18.2 Å². The minimum absolute atomic E-state index is 0.0472. The number of carbonyl (C=O) groups excluding carboxylic acids is 3. The zero-order valence-corrected chi connectivity index (χ0v) is 22.9. The van der Waals surface area contributed by atoms with Gasteiger partial charge in [-0.3, -0.25) is 28.8 Å². The lowest BCUT2D eigenvalue weighted by Crippen LogP contribution is -2.68. The van der Waals surface area contributed by atoms with Crippen LogP contribution in [0.15, 0.2) is 22.7 Å². The third-order valence-corrected chi connectivity index (χ3v) is 6.99. The number of amides is 4. The molecule has 1 fully saturated rings. The average Bonchev–Trinajstić information content (AvgIpc) is 3.32. The number of β-lactam (4-membered cyclic amide) rings is 1. The lowest BCUT2D eigenvalue weighted by Gasteiger charge is -2.36. The quantitative estimate of drug-likeness (QED) is 0.0580. The fourth-order valence-corrected chi connectivity index (χ4v) is 4.64. The Labute approximate surface area is 239 Å². The van der Waals surface area contributed by atoms with Gasteiger partial charge in [-0.1, -0.05) is 11.2 Å². The summed E-state index contributed by atoms with van der Waals surface area (Å²) in [4.78, 5) is 69.1. The number of hydrogen-bond acceptors (Lipinski definition) is 14. The summed E-state index contributed by atoms with van der Waals surface area (Å²) in [5, 5.41) is 44.9. The molecule has 2 aromatic rings. The number of oxime groups is 1. The summed E-state index contributed by atoms with van der Waals surface area (Å²) >= 11 is 0.956. The van der Waals surface area contributed by atoms with Gasteiger partial charge in [-0.25, -0.2) is 14.5 Å². The summed E-state index contributed by atoms with van der Waals surface area (Å²) in [6, 6.07) is -0.802. The van der Waals surface area contributed by atoms with Crippen molar-refractivity contribution in [3.05, 3.63) is 28.8 Å². The molecule has 0 spiro atoms. The second kappa shape index (κ2) is 12.6. The number of hydrogen-bond donors (Lipinski definition) is 8. The molecule has 0 saturated carbocycles. The van der Waals surface area contributed by atoms with Crippen molar-refractivity contribution in [2.24, 2.45) is 11.1 Å². The minimum atomic E-state index is -4.88. The molecule has 4 amide bonds. The molecule has 42 heavy (non-hydrogen) atoms. The number of aromatic nitrogens is 1. The fraction of sp³-hybridized carbons (Fsp3) is 0.286. The van der Waals surface area contributed by atoms with Gasteiger partial charge < -0.3 is 36.3 Å². The molecule has 226 valence electrons. The number of imide groups is 1. The SMILES string of the molecule is CC(CO/N=C(\C(=O)N[C@H]1CN(C(=O)NS(=O)(=O)Nc2c(CC(=O)O)ccc(O)c2O)C1=O)c1csc(N)n1)C(=O)O. The zero-order valence-electron chi connectivity index (χ0n) is 21.3. The monoisotopic (exact) mass is 629 g/mol. The molecule has 2 atom stereocenters. The van der Waals surface area contributed by atoms with E-state index in [0.717, 1.165) is 23.5 Å². The number of nitrogens with zero attached hydrogens (tertiary/aromatic N) is 3. The largest absolute Gasteiger partial charge is 0.504 e. The van der Waals surface area contributed by atoms with Crippen LogP contribution in [-0.2, 0) is 40.6 Å². The molecule has 3 rings (SSSR count). The molecule has 19 nitrogen and oxygen atoms in total. The Morgan fingerprint density at radius 1 is 1.26 bits per heavy atom. The number of phenols is 2. The standard InChI is InChI=1S/C21H23N7O12S2/c1-8(19(35)36)6-40-25-15(11-7-41-20(22)24-11)17(33)23-10-5-28(18(10)34)21(37)27-42(38,39)26-14-9(4-13(30)31)2-3-12(29)16(14)32/h2-3,7-8,10,26,29,32H,4-6H2,1H3,(H2,22,24)(H,23,33)(H,27,37)(H,30,31)(H,35,36)/b25-15-/t8?,10-/m0/s1. The number of nitrogens with one attached hydrogen (secondary N) is 3. The van der Waals surface area contributed by atoms with Crippen molar-refractivity contribution in [2.75, 3.05) is 23.6 Å². The molecule has 1 aliphatic heterocycles. The number of urea groups is 1.